The second-order valence-corrected chi connectivity index (χ2v) is 5.31. The van der Waals surface area contributed by atoms with Gasteiger partial charge in [0.15, 0.2) is 5.65 Å². The quantitative estimate of drug-likeness (QED) is 0.761. The lowest BCUT2D eigenvalue weighted by Gasteiger charge is -2.06. The highest BCUT2D eigenvalue weighted by molar-refractivity contribution is 5.95. The molecule has 0 fully saturated rings. The van der Waals surface area contributed by atoms with Gasteiger partial charge >= 0.3 is 0 Å². The Kier molecular flexibility index (Phi) is 3.62. The van der Waals surface area contributed by atoms with Crippen molar-refractivity contribution >= 4 is 11.6 Å². The van der Waals surface area contributed by atoms with E-state index in [1.165, 1.54) is 0 Å². The van der Waals surface area contributed by atoms with E-state index in [0.29, 0.717) is 17.8 Å². The van der Waals surface area contributed by atoms with E-state index in [9.17, 15) is 4.79 Å². The molecular weight excluding hydrogens is 280 g/mol. The van der Waals surface area contributed by atoms with Crippen LogP contribution in [0.15, 0.2) is 18.3 Å². The second-order valence-electron chi connectivity index (χ2n) is 5.31. The van der Waals surface area contributed by atoms with E-state index in [4.69, 9.17) is 0 Å². The molecule has 1 amide bonds. The number of rotatable bonds is 4. The molecule has 3 rings (SSSR count). The van der Waals surface area contributed by atoms with E-state index in [-0.39, 0.29) is 5.91 Å². The van der Waals surface area contributed by atoms with Crippen LogP contribution in [0.1, 0.15) is 33.1 Å². The van der Waals surface area contributed by atoms with Crippen LogP contribution in [0.25, 0.3) is 5.65 Å². The van der Waals surface area contributed by atoms with Crippen LogP contribution in [0.3, 0.4) is 0 Å². The maximum atomic E-state index is 12.2. The third-order valence-electron chi connectivity index (χ3n) is 3.78. The summed E-state index contributed by atoms with van der Waals surface area (Å²) in [5.74, 6) is 0.690. The molecule has 0 bridgehead atoms. The molecule has 7 heteroatoms. The Bertz CT molecular complexity index is 812. The first-order valence-corrected chi connectivity index (χ1v) is 7.16. The number of nitrogens with zero attached hydrogens (tertiary/aromatic N) is 4. The minimum Gasteiger partial charge on any atom is -0.352 e. The molecule has 0 spiro atoms. The molecule has 0 saturated heterocycles. The molecule has 7 nitrogen and oxygen atoms in total. The van der Waals surface area contributed by atoms with Gasteiger partial charge in [0.05, 0.1) is 5.69 Å². The summed E-state index contributed by atoms with van der Waals surface area (Å²) in [5, 5.41) is 18.0. The molecule has 2 N–H and O–H groups in total. The van der Waals surface area contributed by atoms with Crippen molar-refractivity contribution < 1.29 is 4.79 Å². The van der Waals surface area contributed by atoms with Gasteiger partial charge in [0.1, 0.15) is 5.82 Å². The maximum Gasteiger partial charge on any atom is 0.251 e. The van der Waals surface area contributed by atoms with E-state index in [0.717, 1.165) is 29.2 Å². The molecule has 3 heterocycles. The van der Waals surface area contributed by atoms with E-state index < -0.39 is 0 Å². The van der Waals surface area contributed by atoms with Crippen molar-refractivity contribution in [1.29, 1.82) is 0 Å². The van der Waals surface area contributed by atoms with Gasteiger partial charge in [-0.15, -0.1) is 10.2 Å². The lowest BCUT2D eigenvalue weighted by molar-refractivity contribution is 0.0954. The predicted molar refractivity (Wildman–Crippen MR) is 81.8 cm³/mol. The molecule has 0 saturated carbocycles. The lowest BCUT2D eigenvalue weighted by atomic mass is 10.1. The first kappa shape index (κ1) is 14.2. The summed E-state index contributed by atoms with van der Waals surface area (Å²) in [6.07, 6.45) is 2.57. The van der Waals surface area contributed by atoms with Gasteiger partial charge in [0.2, 0.25) is 0 Å². The number of hydrogen-bond donors (Lipinski definition) is 2. The van der Waals surface area contributed by atoms with Gasteiger partial charge in [0, 0.05) is 24.0 Å². The number of amides is 1. The Morgan fingerprint density at radius 2 is 2.14 bits per heavy atom. The van der Waals surface area contributed by atoms with E-state index >= 15 is 0 Å². The third kappa shape index (κ3) is 2.57. The van der Waals surface area contributed by atoms with Gasteiger partial charge in [-0.3, -0.25) is 14.3 Å². The number of aromatic nitrogens is 5. The number of carbonyl (C=O) groups is 1. The Labute approximate surface area is 127 Å². The van der Waals surface area contributed by atoms with Crippen molar-refractivity contribution in [3.05, 3.63) is 46.7 Å². The zero-order valence-electron chi connectivity index (χ0n) is 12.8. The van der Waals surface area contributed by atoms with Crippen molar-refractivity contribution in [2.75, 3.05) is 6.54 Å². The summed E-state index contributed by atoms with van der Waals surface area (Å²) in [6.45, 7) is 6.38. The number of hydrogen-bond acceptors (Lipinski definition) is 4. The van der Waals surface area contributed by atoms with Gasteiger partial charge in [-0.25, -0.2) is 0 Å². The highest BCUT2D eigenvalue weighted by Gasteiger charge is 2.10. The molecular formula is C15H18N6O. The molecule has 0 aliphatic carbocycles. The van der Waals surface area contributed by atoms with Gasteiger partial charge in [-0.2, -0.15) is 5.10 Å². The van der Waals surface area contributed by atoms with Crippen LogP contribution in [0.4, 0.5) is 0 Å². The van der Waals surface area contributed by atoms with Crippen molar-refractivity contribution in [1.82, 2.24) is 30.1 Å². The Balaban J connectivity index is 1.66. The normalized spacial score (nSPS) is 11.0. The molecule has 22 heavy (non-hydrogen) atoms. The molecule has 114 valence electrons. The Morgan fingerprint density at radius 1 is 1.32 bits per heavy atom. The number of H-pyrrole nitrogens is 1. The Morgan fingerprint density at radius 3 is 2.86 bits per heavy atom. The smallest absolute Gasteiger partial charge is 0.251 e. The highest BCUT2D eigenvalue weighted by Crippen LogP contribution is 2.10. The minimum absolute atomic E-state index is 0.109. The van der Waals surface area contributed by atoms with E-state index in [1.54, 1.807) is 12.1 Å². The number of pyridine rings is 1. The van der Waals surface area contributed by atoms with Crippen molar-refractivity contribution in [3.63, 3.8) is 0 Å². The van der Waals surface area contributed by atoms with E-state index in [1.807, 2.05) is 31.4 Å². The van der Waals surface area contributed by atoms with Crippen LogP contribution in [-0.4, -0.2) is 37.2 Å². The molecule has 0 aliphatic rings. The fourth-order valence-electron chi connectivity index (χ4n) is 2.50. The number of fused-ring (bicyclic) bond motifs is 1. The summed E-state index contributed by atoms with van der Waals surface area (Å²) in [5.41, 5.74) is 4.44. The van der Waals surface area contributed by atoms with Gasteiger partial charge in [0.25, 0.3) is 5.91 Å². The van der Waals surface area contributed by atoms with E-state index in [2.05, 4.69) is 25.7 Å². The van der Waals surface area contributed by atoms with Gasteiger partial charge in [-0.1, -0.05) is 0 Å². The molecule has 0 unspecified atom stereocenters. The van der Waals surface area contributed by atoms with Crippen LogP contribution in [0.2, 0.25) is 0 Å². The third-order valence-corrected chi connectivity index (χ3v) is 3.78. The first-order valence-electron chi connectivity index (χ1n) is 7.16. The Hall–Kier alpha value is -2.70. The second kappa shape index (κ2) is 5.59. The maximum absolute atomic E-state index is 12.2. The molecule has 3 aromatic rings. The number of aromatic amines is 1. The minimum atomic E-state index is -0.109. The summed E-state index contributed by atoms with van der Waals surface area (Å²) in [7, 11) is 0. The summed E-state index contributed by atoms with van der Waals surface area (Å²) in [6, 6.07) is 3.51. The number of carbonyl (C=O) groups excluding carboxylic acids is 1. The molecule has 0 aromatic carbocycles. The first-order chi connectivity index (χ1) is 10.6. The summed E-state index contributed by atoms with van der Waals surface area (Å²) in [4.78, 5) is 12.2. The van der Waals surface area contributed by atoms with Crippen LogP contribution >= 0.6 is 0 Å². The average molecular weight is 298 g/mol. The fourth-order valence-corrected chi connectivity index (χ4v) is 2.50. The van der Waals surface area contributed by atoms with Crippen molar-refractivity contribution in [2.45, 2.75) is 27.2 Å². The SMILES string of the molecule is Cc1n[nH]c(C)c1CCNC(=O)c1ccn2c(C)nnc2c1. The molecule has 0 radical (unpaired) electrons. The fraction of sp³-hybridized carbons (Fsp3) is 0.333. The average Bonchev–Trinajstić information content (AvgIpc) is 3.03. The largest absolute Gasteiger partial charge is 0.352 e. The number of nitrogens with one attached hydrogen (secondary N) is 2. The lowest BCUT2D eigenvalue weighted by Crippen LogP contribution is -2.26. The molecule has 0 atom stereocenters. The van der Waals surface area contributed by atoms with Crippen LogP contribution in [0, 0.1) is 20.8 Å². The standard InChI is InChI=1S/C15H18N6O/c1-9-13(10(2)18-17-9)4-6-16-15(22)12-5-7-21-11(3)19-20-14(21)8-12/h5,7-8H,4,6H2,1-3H3,(H,16,22)(H,17,18). The van der Waals surface area contributed by atoms with Crippen molar-refractivity contribution in [2.24, 2.45) is 0 Å². The molecule has 0 aliphatic heterocycles. The van der Waals surface area contributed by atoms with Gasteiger partial charge < -0.3 is 5.32 Å². The van der Waals surface area contributed by atoms with Gasteiger partial charge in [-0.05, 0) is 44.9 Å². The highest BCUT2D eigenvalue weighted by atomic mass is 16.1. The van der Waals surface area contributed by atoms with Crippen LogP contribution < -0.4 is 5.32 Å². The number of aryl methyl sites for hydroxylation is 3. The zero-order valence-corrected chi connectivity index (χ0v) is 12.8. The van der Waals surface area contributed by atoms with Crippen molar-refractivity contribution in [3.8, 4) is 0 Å². The predicted octanol–water partition coefficient (Wildman–Crippen LogP) is 1.35. The monoisotopic (exact) mass is 298 g/mol. The summed E-state index contributed by atoms with van der Waals surface area (Å²) < 4.78 is 1.84. The van der Waals surface area contributed by atoms with Crippen LogP contribution in [0.5, 0.6) is 0 Å². The topological polar surface area (TPSA) is 88.0 Å². The zero-order chi connectivity index (χ0) is 15.7. The summed E-state index contributed by atoms with van der Waals surface area (Å²) >= 11 is 0. The van der Waals surface area contributed by atoms with Crippen LogP contribution in [-0.2, 0) is 6.42 Å². The molecule has 3 aromatic heterocycles.